The summed E-state index contributed by atoms with van der Waals surface area (Å²) in [6, 6.07) is 25.3. The second kappa shape index (κ2) is 13.9. The molecule has 0 saturated heterocycles. The summed E-state index contributed by atoms with van der Waals surface area (Å²) in [4.78, 5) is 23.9. The molecule has 1 aromatic heterocycles. The number of amides is 1. The molecule has 202 valence electrons. The summed E-state index contributed by atoms with van der Waals surface area (Å²) in [5, 5.41) is 14.8. The summed E-state index contributed by atoms with van der Waals surface area (Å²) in [6.45, 7) is 4.50. The van der Waals surface area contributed by atoms with Crippen LogP contribution in [0.1, 0.15) is 61.5 Å². The first-order valence-electron chi connectivity index (χ1n) is 13.4. The average Bonchev–Trinajstić information content (AvgIpc) is 3.47. The molecule has 0 aliphatic carbocycles. The fourth-order valence-electron chi connectivity index (χ4n) is 4.16. The number of anilines is 1. The van der Waals surface area contributed by atoms with Gasteiger partial charge in [0.2, 0.25) is 11.8 Å². The second-order valence-electron chi connectivity index (χ2n) is 9.13. The average molecular weight is 527 g/mol. The number of aromatic nitrogens is 2. The highest BCUT2D eigenvalue weighted by Crippen LogP contribution is 2.28. The van der Waals surface area contributed by atoms with Gasteiger partial charge < -0.3 is 19.8 Å². The van der Waals surface area contributed by atoms with Crippen molar-refractivity contribution in [3.05, 3.63) is 90.0 Å². The maximum absolute atomic E-state index is 12.4. The molecular formula is C31H34N4O4. The molecule has 4 aromatic rings. The largest absolute Gasteiger partial charge is 0.466 e. The van der Waals surface area contributed by atoms with Crippen LogP contribution in [0.2, 0.25) is 0 Å². The van der Waals surface area contributed by atoms with Gasteiger partial charge in [-0.2, -0.15) is 0 Å². The molecule has 1 amide bonds. The molecule has 3 aromatic carbocycles. The van der Waals surface area contributed by atoms with Crippen molar-refractivity contribution in [1.82, 2.24) is 15.5 Å². The Kier molecular flexibility index (Phi) is 9.83. The zero-order valence-electron chi connectivity index (χ0n) is 22.4. The molecule has 39 heavy (non-hydrogen) atoms. The van der Waals surface area contributed by atoms with Gasteiger partial charge >= 0.3 is 5.97 Å². The topological polar surface area (TPSA) is 106 Å². The van der Waals surface area contributed by atoms with E-state index >= 15 is 0 Å². The number of nitrogens with zero attached hydrogens (tertiary/aromatic N) is 2. The van der Waals surface area contributed by atoms with Crippen LogP contribution < -0.4 is 10.6 Å². The molecule has 0 fully saturated rings. The van der Waals surface area contributed by atoms with Crippen LogP contribution in [0.15, 0.2) is 83.3 Å². The summed E-state index contributed by atoms with van der Waals surface area (Å²) in [5.41, 5.74) is 4.36. The van der Waals surface area contributed by atoms with Crippen LogP contribution >= 0.6 is 0 Å². The van der Waals surface area contributed by atoms with Gasteiger partial charge in [-0.1, -0.05) is 50.1 Å². The minimum absolute atomic E-state index is 0.103. The van der Waals surface area contributed by atoms with Gasteiger partial charge in [-0.25, -0.2) is 0 Å². The van der Waals surface area contributed by atoms with E-state index in [9.17, 15) is 9.59 Å². The number of hydrogen-bond acceptors (Lipinski definition) is 7. The third kappa shape index (κ3) is 7.77. The van der Waals surface area contributed by atoms with Crippen molar-refractivity contribution in [3.8, 4) is 22.9 Å². The third-order valence-corrected chi connectivity index (χ3v) is 6.26. The van der Waals surface area contributed by atoms with Gasteiger partial charge in [0.05, 0.1) is 19.1 Å². The van der Waals surface area contributed by atoms with E-state index in [1.165, 1.54) is 0 Å². The van der Waals surface area contributed by atoms with Gasteiger partial charge in [0.1, 0.15) is 0 Å². The molecule has 0 bridgehead atoms. The van der Waals surface area contributed by atoms with Crippen LogP contribution in [0.4, 0.5) is 5.69 Å². The van der Waals surface area contributed by atoms with E-state index in [0.717, 1.165) is 41.6 Å². The predicted molar refractivity (Wildman–Crippen MR) is 151 cm³/mol. The maximum atomic E-state index is 12.4. The lowest BCUT2D eigenvalue weighted by atomic mass is 9.99. The number of carbonyl (C=O) groups is 2. The fraction of sp³-hybridized carbons (Fsp3) is 0.290. The van der Waals surface area contributed by atoms with E-state index in [2.05, 4.69) is 39.9 Å². The van der Waals surface area contributed by atoms with Gasteiger partial charge in [0.15, 0.2) is 0 Å². The van der Waals surface area contributed by atoms with Crippen molar-refractivity contribution in [1.29, 1.82) is 0 Å². The number of unbranched alkanes of at least 4 members (excludes halogenated alkanes) is 1. The first-order chi connectivity index (χ1) is 19.1. The van der Waals surface area contributed by atoms with Gasteiger partial charge in [-0.15, -0.1) is 10.2 Å². The standard InChI is InChI=1S/C31H34N4O4/c1-3-5-11-27(33-26-18-16-23(17-19-26)29(37)32-21-20-28(36)38-4-2)22-12-14-25(15-13-22)31-35-34-30(39-31)24-9-7-6-8-10-24/h6-10,12-19,27,33H,3-5,11,20-21H2,1-2H3,(H,32,37). The number of hydrogen-bond donors (Lipinski definition) is 2. The third-order valence-electron chi connectivity index (χ3n) is 6.26. The summed E-state index contributed by atoms with van der Waals surface area (Å²) in [5.74, 6) is 0.431. The minimum Gasteiger partial charge on any atom is -0.466 e. The monoisotopic (exact) mass is 526 g/mol. The first kappa shape index (κ1) is 27.6. The first-order valence-corrected chi connectivity index (χ1v) is 13.4. The van der Waals surface area contributed by atoms with Crippen molar-refractivity contribution in [2.45, 2.75) is 45.6 Å². The second-order valence-corrected chi connectivity index (χ2v) is 9.13. The van der Waals surface area contributed by atoms with E-state index in [0.29, 0.717) is 24.0 Å². The highest BCUT2D eigenvalue weighted by Gasteiger charge is 2.15. The fourth-order valence-corrected chi connectivity index (χ4v) is 4.16. The van der Waals surface area contributed by atoms with Crippen molar-refractivity contribution in [3.63, 3.8) is 0 Å². The van der Waals surface area contributed by atoms with E-state index in [1.807, 2.05) is 54.6 Å². The highest BCUT2D eigenvalue weighted by molar-refractivity contribution is 5.94. The van der Waals surface area contributed by atoms with Gasteiger partial charge in [-0.05, 0) is 67.4 Å². The van der Waals surface area contributed by atoms with E-state index < -0.39 is 0 Å². The molecule has 1 unspecified atom stereocenters. The summed E-state index contributed by atoms with van der Waals surface area (Å²) >= 11 is 0. The number of benzene rings is 3. The Labute approximate surface area is 228 Å². The van der Waals surface area contributed by atoms with Crippen LogP contribution in [0.25, 0.3) is 22.9 Å². The zero-order valence-corrected chi connectivity index (χ0v) is 22.4. The van der Waals surface area contributed by atoms with Crippen LogP contribution in [-0.4, -0.2) is 35.2 Å². The molecule has 0 saturated carbocycles. The van der Waals surface area contributed by atoms with Crippen LogP contribution in [0.3, 0.4) is 0 Å². The molecule has 1 heterocycles. The van der Waals surface area contributed by atoms with Crippen LogP contribution in [-0.2, 0) is 9.53 Å². The minimum atomic E-state index is -0.322. The normalized spacial score (nSPS) is 11.5. The number of ether oxygens (including phenoxy) is 1. The summed E-state index contributed by atoms with van der Waals surface area (Å²) < 4.78 is 10.8. The Bertz CT molecular complexity index is 1340. The molecule has 8 nitrogen and oxygen atoms in total. The Morgan fingerprint density at radius 1 is 0.872 bits per heavy atom. The van der Waals surface area contributed by atoms with Gasteiger partial charge in [0, 0.05) is 28.9 Å². The highest BCUT2D eigenvalue weighted by atomic mass is 16.5. The number of esters is 1. The molecule has 2 N–H and O–H groups in total. The Morgan fingerprint density at radius 2 is 1.54 bits per heavy atom. The summed E-state index contributed by atoms with van der Waals surface area (Å²) in [6.07, 6.45) is 3.28. The summed E-state index contributed by atoms with van der Waals surface area (Å²) in [7, 11) is 0. The lowest BCUT2D eigenvalue weighted by molar-refractivity contribution is -0.142. The van der Waals surface area contributed by atoms with Crippen LogP contribution in [0, 0.1) is 0 Å². The number of rotatable bonds is 13. The molecular weight excluding hydrogens is 492 g/mol. The number of nitrogens with one attached hydrogen (secondary N) is 2. The maximum Gasteiger partial charge on any atom is 0.307 e. The Morgan fingerprint density at radius 3 is 2.18 bits per heavy atom. The van der Waals surface area contributed by atoms with Crippen molar-refractivity contribution < 1.29 is 18.7 Å². The van der Waals surface area contributed by atoms with E-state index in [-0.39, 0.29) is 30.9 Å². The van der Waals surface area contributed by atoms with E-state index in [1.54, 1.807) is 19.1 Å². The molecule has 0 aliphatic rings. The zero-order chi connectivity index (χ0) is 27.5. The Hall–Kier alpha value is -4.46. The van der Waals surface area contributed by atoms with Gasteiger partial charge in [-0.3, -0.25) is 9.59 Å². The van der Waals surface area contributed by atoms with Crippen LogP contribution in [0.5, 0.6) is 0 Å². The lowest BCUT2D eigenvalue weighted by Crippen LogP contribution is -2.26. The quantitative estimate of drug-likeness (QED) is 0.193. The Balaban J connectivity index is 1.39. The molecule has 1 atom stereocenters. The molecule has 4 rings (SSSR count). The van der Waals surface area contributed by atoms with Crippen molar-refractivity contribution in [2.75, 3.05) is 18.5 Å². The van der Waals surface area contributed by atoms with E-state index in [4.69, 9.17) is 9.15 Å². The number of carbonyl (C=O) groups excluding carboxylic acids is 2. The lowest BCUT2D eigenvalue weighted by Gasteiger charge is -2.21. The molecule has 0 aliphatic heterocycles. The van der Waals surface area contributed by atoms with Crippen molar-refractivity contribution >= 4 is 17.6 Å². The molecule has 8 heteroatoms. The molecule has 0 spiro atoms. The SMILES string of the molecule is CCCCC(Nc1ccc(C(=O)NCCC(=O)OCC)cc1)c1ccc(-c2nnc(-c3ccccc3)o2)cc1. The molecule has 0 radical (unpaired) electrons. The predicted octanol–water partition coefficient (Wildman–Crippen LogP) is 6.43. The van der Waals surface area contributed by atoms with Crippen molar-refractivity contribution in [2.24, 2.45) is 0 Å². The smallest absolute Gasteiger partial charge is 0.307 e. The van der Waals surface area contributed by atoms with Gasteiger partial charge in [0.25, 0.3) is 5.91 Å².